The van der Waals surface area contributed by atoms with Gasteiger partial charge in [-0.3, -0.25) is 4.79 Å². The molecule has 1 aliphatic rings. The van der Waals surface area contributed by atoms with E-state index in [0.29, 0.717) is 13.0 Å². The largest absolute Gasteiger partial charge is 0.481 e. The highest BCUT2D eigenvalue weighted by atomic mass is 28.4. The first-order valence-electron chi connectivity index (χ1n) is 9.94. The van der Waals surface area contributed by atoms with Crippen LogP contribution in [0.5, 0.6) is 0 Å². The first kappa shape index (κ1) is 20.8. The highest BCUT2D eigenvalue weighted by molar-refractivity contribution is 6.99. The van der Waals surface area contributed by atoms with E-state index in [1.54, 1.807) is 0 Å². The molecule has 5 heteroatoms. The number of rotatable bonds is 6. The summed E-state index contributed by atoms with van der Waals surface area (Å²) in [4.78, 5) is 11.2. The van der Waals surface area contributed by atoms with Crippen molar-refractivity contribution in [3.8, 4) is 0 Å². The molecule has 1 fully saturated rings. The van der Waals surface area contributed by atoms with Crippen molar-refractivity contribution >= 4 is 24.7 Å². The van der Waals surface area contributed by atoms with Gasteiger partial charge in [-0.25, -0.2) is 0 Å². The second-order valence-electron chi connectivity index (χ2n) is 8.54. The molecule has 150 valence electrons. The summed E-state index contributed by atoms with van der Waals surface area (Å²) in [5.74, 6) is -1.17. The average Bonchev–Trinajstić information content (AvgIpc) is 2.69. The standard InChI is InChI=1S/C23H30O4Si/c1-23(2,3)28(20-10-6-4-7-11-20,21-12-8-5-9-13-21)27-17-19-15-14-18(16-26-19)22(24)25/h4-13,18-19H,14-17H2,1-3H3,(H,24,25). The van der Waals surface area contributed by atoms with Gasteiger partial charge in [0.05, 0.1) is 25.2 Å². The number of benzene rings is 2. The fourth-order valence-electron chi connectivity index (χ4n) is 4.11. The Morgan fingerprint density at radius 1 is 1.04 bits per heavy atom. The Morgan fingerprint density at radius 2 is 1.57 bits per heavy atom. The average molecular weight is 399 g/mol. The lowest BCUT2D eigenvalue weighted by Crippen LogP contribution is -2.67. The van der Waals surface area contributed by atoms with E-state index in [2.05, 4.69) is 69.3 Å². The fourth-order valence-corrected chi connectivity index (χ4v) is 8.70. The van der Waals surface area contributed by atoms with Gasteiger partial charge in [0.2, 0.25) is 0 Å². The van der Waals surface area contributed by atoms with Gasteiger partial charge in [-0.2, -0.15) is 0 Å². The molecule has 0 spiro atoms. The molecule has 2 aromatic rings. The van der Waals surface area contributed by atoms with Crippen LogP contribution in [0, 0.1) is 5.92 Å². The lowest BCUT2D eigenvalue weighted by molar-refractivity contribution is -0.149. The highest BCUT2D eigenvalue weighted by Gasteiger charge is 2.50. The molecule has 3 rings (SSSR count). The molecule has 0 amide bonds. The first-order chi connectivity index (χ1) is 13.3. The Morgan fingerprint density at radius 3 is 1.96 bits per heavy atom. The van der Waals surface area contributed by atoms with Gasteiger partial charge in [0.1, 0.15) is 0 Å². The third-order valence-electron chi connectivity index (χ3n) is 5.62. The number of hydrogen-bond donors (Lipinski definition) is 1. The predicted octanol–water partition coefficient (Wildman–Crippen LogP) is 3.44. The summed E-state index contributed by atoms with van der Waals surface area (Å²) in [7, 11) is -2.57. The van der Waals surface area contributed by atoms with E-state index in [1.165, 1.54) is 10.4 Å². The summed E-state index contributed by atoms with van der Waals surface area (Å²) >= 11 is 0. The predicted molar refractivity (Wildman–Crippen MR) is 114 cm³/mol. The third kappa shape index (κ3) is 4.22. The van der Waals surface area contributed by atoms with Crippen LogP contribution in [-0.4, -0.2) is 38.7 Å². The van der Waals surface area contributed by atoms with Crippen molar-refractivity contribution in [2.24, 2.45) is 5.92 Å². The van der Waals surface area contributed by atoms with Gasteiger partial charge in [-0.15, -0.1) is 0 Å². The zero-order chi connectivity index (χ0) is 20.2. The van der Waals surface area contributed by atoms with Gasteiger partial charge in [-0.1, -0.05) is 81.4 Å². The molecule has 2 unspecified atom stereocenters. The summed E-state index contributed by atoms with van der Waals surface area (Å²) in [6.45, 7) is 7.51. The summed E-state index contributed by atoms with van der Waals surface area (Å²) < 4.78 is 12.7. The third-order valence-corrected chi connectivity index (χ3v) is 10.6. The minimum atomic E-state index is -2.57. The fraction of sp³-hybridized carbons (Fsp3) is 0.435. The molecule has 1 heterocycles. The van der Waals surface area contributed by atoms with Gasteiger partial charge >= 0.3 is 5.97 Å². The van der Waals surface area contributed by atoms with Crippen LogP contribution < -0.4 is 10.4 Å². The van der Waals surface area contributed by atoms with Crippen molar-refractivity contribution in [1.82, 2.24) is 0 Å². The number of carboxylic acid groups (broad SMARTS) is 1. The number of carboxylic acids is 1. The zero-order valence-corrected chi connectivity index (χ0v) is 17.9. The number of aliphatic carboxylic acids is 1. The summed E-state index contributed by atoms with van der Waals surface area (Å²) in [5, 5.41) is 11.6. The maximum absolute atomic E-state index is 11.2. The minimum absolute atomic E-state index is 0.0581. The topological polar surface area (TPSA) is 55.8 Å². The Labute approximate surface area is 168 Å². The molecule has 4 nitrogen and oxygen atoms in total. The van der Waals surface area contributed by atoms with E-state index in [9.17, 15) is 9.90 Å². The van der Waals surface area contributed by atoms with Crippen LogP contribution in [0.4, 0.5) is 0 Å². The number of ether oxygens (including phenoxy) is 1. The molecule has 2 aromatic carbocycles. The normalized spacial score (nSPS) is 20.7. The molecule has 0 saturated carbocycles. The van der Waals surface area contributed by atoms with Gasteiger partial charge < -0.3 is 14.3 Å². The zero-order valence-electron chi connectivity index (χ0n) is 16.9. The van der Waals surface area contributed by atoms with E-state index < -0.39 is 20.2 Å². The van der Waals surface area contributed by atoms with Crippen molar-refractivity contribution in [3.05, 3.63) is 60.7 Å². The maximum atomic E-state index is 11.2. The van der Waals surface area contributed by atoms with Gasteiger partial charge in [0.25, 0.3) is 8.32 Å². The minimum Gasteiger partial charge on any atom is -0.481 e. The Balaban J connectivity index is 1.90. The van der Waals surface area contributed by atoms with Crippen molar-refractivity contribution < 1.29 is 19.1 Å². The molecule has 0 aromatic heterocycles. The van der Waals surface area contributed by atoms with Crippen LogP contribution >= 0.6 is 0 Å². The van der Waals surface area contributed by atoms with Crippen LogP contribution in [0.2, 0.25) is 5.04 Å². The SMILES string of the molecule is CC(C)(C)[Si](OCC1CCC(C(=O)O)CO1)(c1ccccc1)c1ccccc1. The molecular formula is C23H30O4Si. The van der Waals surface area contributed by atoms with E-state index >= 15 is 0 Å². The second kappa shape index (κ2) is 8.60. The number of carbonyl (C=O) groups is 1. The van der Waals surface area contributed by atoms with Crippen LogP contribution in [0.15, 0.2) is 60.7 Å². The molecule has 0 bridgehead atoms. The lowest BCUT2D eigenvalue weighted by Gasteiger charge is -2.44. The lowest BCUT2D eigenvalue weighted by atomic mass is 9.99. The summed E-state index contributed by atoms with van der Waals surface area (Å²) in [6.07, 6.45) is 1.30. The second-order valence-corrected chi connectivity index (χ2v) is 12.8. The van der Waals surface area contributed by atoms with Crippen LogP contribution in [0.25, 0.3) is 0 Å². The van der Waals surface area contributed by atoms with Crippen LogP contribution in [0.1, 0.15) is 33.6 Å². The van der Waals surface area contributed by atoms with Crippen molar-refractivity contribution in [3.63, 3.8) is 0 Å². The van der Waals surface area contributed by atoms with E-state index in [4.69, 9.17) is 9.16 Å². The Bertz CT molecular complexity index is 723. The van der Waals surface area contributed by atoms with E-state index in [0.717, 1.165) is 6.42 Å². The maximum Gasteiger partial charge on any atom is 0.308 e. The van der Waals surface area contributed by atoms with Gasteiger partial charge in [0.15, 0.2) is 0 Å². The molecule has 1 N–H and O–H groups in total. The molecule has 0 radical (unpaired) electrons. The van der Waals surface area contributed by atoms with Crippen LogP contribution in [0.3, 0.4) is 0 Å². The highest BCUT2D eigenvalue weighted by Crippen LogP contribution is 2.37. The first-order valence-corrected chi connectivity index (χ1v) is 11.8. The summed E-state index contributed by atoms with van der Waals surface area (Å²) in [5.41, 5.74) is 0. The monoisotopic (exact) mass is 398 g/mol. The van der Waals surface area contributed by atoms with E-state index in [1.807, 2.05) is 12.1 Å². The van der Waals surface area contributed by atoms with Crippen molar-refractivity contribution in [1.29, 1.82) is 0 Å². The molecule has 2 atom stereocenters. The smallest absolute Gasteiger partial charge is 0.308 e. The van der Waals surface area contributed by atoms with E-state index in [-0.39, 0.29) is 17.7 Å². The van der Waals surface area contributed by atoms with Crippen LogP contribution in [-0.2, 0) is 14.0 Å². The Kier molecular flexibility index (Phi) is 6.38. The quantitative estimate of drug-likeness (QED) is 0.758. The van der Waals surface area contributed by atoms with Gasteiger partial charge in [-0.05, 0) is 28.3 Å². The summed E-state index contributed by atoms with van der Waals surface area (Å²) in [6, 6.07) is 21.1. The molecule has 28 heavy (non-hydrogen) atoms. The molecule has 1 saturated heterocycles. The molecule has 1 aliphatic heterocycles. The van der Waals surface area contributed by atoms with Crippen molar-refractivity contribution in [2.75, 3.05) is 13.2 Å². The van der Waals surface area contributed by atoms with Crippen molar-refractivity contribution in [2.45, 2.75) is 44.8 Å². The molecular weight excluding hydrogens is 368 g/mol. The Hall–Kier alpha value is -1.95. The number of hydrogen-bond acceptors (Lipinski definition) is 3. The molecule has 0 aliphatic carbocycles. The van der Waals surface area contributed by atoms with Gasteiger partial charge in [0, 0.05) is 0 Å².